The Morgan fingerprint density at radius 1 is 1.17 bits per heavy atom. The molecule has 0 unspecified atom stereocenters. The minimum Gasteiger partial charge on any atom is -0.497 e. The molecule has 0 amide bonds. The number of aryl methyl sites for hydroxylation is 1. The van der Waals surface area contributed by atoms with Crippen LogP contribution in [0.15, 0.2) is 24.3 Å². The summed E-state index contributed by atoms with van der Waals surface area (Å²) in [5, 5.41) is 12.2. The van der Waals surface area contributed by atoms with Gasteiger partial charge < -0.3 is 14.8 Å². The molecular weight excluding hydrogens is 318 g/mol. The maximum atomic E-state index is 6.04. The Kier molecular flexibility index (Phi) is 4.20. The van der Waals surface area contributed by atoms with Crippen LogP contribution in [-0.2, 0) is 13.6 Å². The van der Waals surface area contributed by atoms with E-state index >= 15 is 0 Å². The van der Waals surface area contributed by atoms with Crippen molar-refractivity contribution in [2.24, 2.45) is 7.05 Å². The molecule has 0 aliphatic carbocycles. The topological polar surface area (TPSA) is 74.1 Å². The highest BCUT2D eigenvalue weighted by molar-refractivity contribution is 6.30. The Morgan fingerprint density at radius 2 is 2.00 bits per heavy atom. The van der Waals surface area contributed by atoms with Crippen LogP contribution < -0.4 is 14.8 Å². The molecule has 0 saturated carbocycles. The fourth-order valence-corrected chi connectivity index (χ4v) is 2.48. The first-order chi connectivity index (χ1) is 11.1. The van der Waals surface area contributed by atoms with Crippen LogP contribution in [0.25, 0.3) is 11.0 Å². The van der Waals surface area contributed by atoms with E-state index in [2.05, 4.69) is 20.5 Å². The number of aromatic nitrogens is 4. The second kappa shape index (κ2) is 6.29. The van der Waals surface area contributed by atoms with Crippen LogP contribution in [0, 0.1) is 0 Å². The maximum absolute atomic E-state index is 6.04. The van der Waals surface area contributed by atoms with E-state index in [1.807, 2.05) is 18.2 Å². The Morgan fingerprint density at radius 3 is 2.74 bits per heavy atom. The van der Waals surface area contributed by atoms with Gasteiger partial charge in [-0.2, -0.15) is 9.90 Å². The van der Waals surface area contributed by atoms with Gasteiger partial charge in [0, 0.05) is 31.3 Å². The summed E-state index contributed by atoms with van der Waals surface area (Å²) in [4.78, 5) is 5.78. The normalized spacial score (nSPS) is 10.8. The largest absolute Gasteiger partial charge is 0.497 e. The summed E-state index contributed by atoms with van der Waals surface area (Å²) < 4.78 is 10.6. The fourth-order valence-electron chi connectivity index (χ4n) is 2.29. The van der Waals surface area contributed by atoms with Gasteiger partial charge in [-0.05, 0) is 12.1 Å². The highest BCUT2D eigenvalue weighted by atomic mass is 35.5. The molecule has 0 spiro atoms. The molecule has 0 atom stereocenters. The number of anilines is 1. The molecule has 8 heteroatoms. The van der Waals surface area contributed by atoms with Gasteiger partial charge in [0.05, 0.1) is 14.2 Å². The van der Waals surface area contributed by atoms with Gasteiger partial charge in [0.15, 0.2) is 11.3 Å². The lowest BCUT2D eigenvalue weighted by Crippen LogP contribution is -2.04. The van der Waals surface area contributed by atoms with Gasteiger partial charge in [-0.1, -0.05) is 11.6 Å². The van der Waals surface area contributed by atoms with E-state index in [1.54, 1.807) is 27.3 Å². The Balaban J connectivity index is 1.89. The lowest BCUT2D eigenvalue weighted by Gasteiger charge is -2.12. The van der Waals surface area contributed by atoms with Crippen molar-refractivity contribution in [1.29, 1.82) is 0 Å². The van der Waals surface area contributed by atoms with Crippen molar-refractivity contribution >= 4 is 28.5 Å². The highest BCUT2D eigenvalue weighted by Crippen LogP contribution is 2.27. The zero-order valence-electron chi connectivity index (χ0n) is 13.0. The number of ether oxygens (including phenoxy) is 2. The van der Waals surface area contributed by atoms with Crippen LogP contribution >= 0.6 is 11.6 Å². The van der Waals surface area contributed by atoms with E-state index in [0.29, 0.717) is 28.5 Å². The molecule has 120 valence electrons. The fraction of sp³-hybridized carbons (Fsp3) is 0.267. The smallest absolute Gasteiger partial charge is 0.158 e. The van der Waals surface area contributed by atoms with Crippen LogP contribution in [0.5, 0.6) is 11.5 Å². The first-order valence-corrected chi connectivity index (χ1v) is 7.31. The van der Waals surface area contributed by atoms with Crippen LogP contribution in [0.2, 0.25) is 5.15 Å². The molecule has 0 fully saturated rings. The average Bonchev–Trinajstić information content (AvgIpc) is 2.92. The third-order valence-corrected chi connectivity index (χ3v) is 3.57. The molecular formula is C15H16ClN5O2. The van der Waals surface area contributed by atoms with Gasteiger partial charge in [0.1, 0.15) is 22.2 Å². The van der Waals surface area contributed by atoms with Gasteiger partial charge in [0.25, 0.3) is 0 Å². The van der Waals surface area contributed by atoms with Gasteiger partial charge in [-0.25, -0.2) is 4.98 Å². The number of hydrogen-bond acceptors (Lipinski definition) is 6. The molecule has 1 aromatic carbocycles. The number of methoxy groups -OCH3 is 2. The molecule has 0 saturated heterocycles. The number of rotatable bonds is 5. The van der Waals surface area contributed by atoms with E-state index in [9.17, 15) is 0 Å². The van der Waals surface area contributed by atoms with Crippen molar-refractivity contribution in [3.63, 3.8) is 0 Å². The minimum absolute atomic E-state index is 0.363. The molecule has 1 N–H and O–H groups in total. The second-order valence-electron chi connectivity index (χ2n) is 4.88. The van der Waals surface area contributed by atoms with Crippen molar-refractivity contribution in [3.8, 4) is 11.5 Å². The minimum atomic E-state index is 0.363. The Bertz CT molecular complexity index is 849. The maximum Gasteiger partial charge on any atom is 0.158 e. The second-order valence-corrected chi connectivity index (χ2v) is 5.27. The molecule has 0 aliphatic heterocycles. The van der Waals surface area contributed by atoms with Crippen molar-refractivity contribution in [2.75, 3.05) is 19.5 Å². The van der Waals surface area contributed by atoms with E-state index in [-0.39, 0.29) is 0 Å². The third kappa shape index (κ3) is 3.14. The molecule has 23 heavy (non-hydrogen) atoms. The van der Waals surface area contributed by atoms with Crippen LogP contribution in [0.3, 0.4) is 0 Å². The zero-order valence-corrected chi connectivity index (χ0v) is 13.8. The van der Waals surface area contributed by atoms with E-state index in [1.165, 1.54) is 4.80 Å². The molecule has 2 aromatic heterocycles. The molecule has 2 heterocycles. The van der Waals surface area contributed by atoms with Crippen LogP contribution in [0.1, 0.15) is 5.56 Å². The van der Waals surface area contributed by atoms with Crippen molar-refractivity contribution in [1.82, 2.24) is 20.0 Å². The van der Waals surface area contributed by atoms with Crippen molar-refractivity contribution in [3.05, 3.63) is 35.0 Å². The quantitative estimate of drug-likeness (QED) is 0.723. The summed E-state index contributed by atoms with van der Waals surface area (Å²) in [6.07, 6.45) is 0. The van der Waals surface area contributed by atoms with Gasteiger partial charge in [-0.15, -0.1) is 5.10 Å². The number of pyridine rings is 1. The first-order valence-electron chi connectivity index (χ1n) is 6.93. The lowest BCUT2D eigenvalue weighted by atomic mass is 10.2. The average molecular weight is 334 g/mol. The van der Waals surface area contributed by atoms with Gasteiger partial charge in [-0.3, -0.25) is 0 Å². The summed E-state index contributed by atoms with van der Waals surface area (Å²) in [6.45, 7) is 0.506. The number of nitrogens with one attached hydrogen (secondary N) is 1. The highest BCUT2D eigenvalue weighted by Gasteiger charge is 2.11. The SMILES string of the molecule is COc1ccc(CNc2nc(Cl)cc3nn(C)nc23)c(OC)c1. The number of nitrogens with zero attached hydrogens (tertiary/aromatic N) is 4. The van der Waals surface area contributed by atoms with Gasteiger partial charge >= 0.3 is 0 Å². The molecule has 0 bridgehead atoms. The molecule has 0 radical (unpaired) electrons. The summed E-state index contributed by atoms with van der Waals surface area (Å²) in [5.74, 6) is 2.05. The standard InChI is InChI=1S/C15H16ClN5O2/c1-21-19-11-7-13(16)18-15(14(11)20-21)17-8-9-4-5-10(22-2)6-12(9)23-3/h4-7H,8H2,1-3H3,(H,17,18). The number of halogens is 1. The Hall–Kier alpha value is -2.54. The van der Waals surface area contributed by atoms with E-state index in [4.69, 9.17) is 21.1 Å². The first kappa shape index (κ1) is 15.4. The summed E-state index contributed by atoms with van der Waals surface area (Å²) in [7, 11) is 4.99. The molecule has 3 rings (SSSR count). The zero-order chi connectivity index (χ0) is 16.4. The molecule has 7 nitrogen and oxygen atoms in total. The predicted octanol–water partition coefficient (Wildman–Crippen LogP) is 2.65. The number of benzene rings is 1. The lowest BCUT2D eigenvalue weighted by molar-refractivity contribution is 0.391. The van der Waals surface area contributed by atoms with Gasteiger partial charge in [0.2, 0.25) is 0 Å². The number of hydrogen-bond donors (Lipinski definition) is 1. The van der Waals surface area contributed by atoms with Crippen molar-refractivity contribution < 1.29 is 9.47 Å². The monoisotopic (exact) mass is 333 g/mol. The predicted molar refractivity (Wildman–Crippen MR) is 88.2 cm³/mol. The van der Waals surface area contributed by atoms with Crippen molar-refractivity contribution in [2.45, 2.75) is 6.54 Å². The Labute approximate surface area is 138 Å². The molecule has 3 aromatic rings. The summed E-state index contributed by atoms with van der Waals surface area (Å²) in [5.41, 5.74) is 2.33. The van der Waals surface area contributed by atoms with Crippen LogP contribution in [-0.4, -0.2) is 34.2 Å². The molecule has 0 aliphatic rings. The van der Waals surface area contributed by atoms with E-state index < -0.39 is 0 Å². The summed E-state index contributed by atoms with van der Waals surface area (Å²) in [6, 6.07) is 7.33. The van der Waals surface area contributed by atoms with Crippen LogP contribution in [0.4, 0.5) is 5.82 Å². The van der Waals surface area contributed by atoms with E-state index in [0.717, 1.165) is 17.1 Å². The summed E-state index contributed by atoms with van der Waals surface area (Å²) >= 11 is 6.04. The third-order valence-electron chi connectivity index (χ3n) is 3.38. The number of fused-ring (bicyclic) bond motifs is 1.